The molecule has 0 saturated heterocycles. The van der Waals surface area contributed by atoms with Gasteiger partial charge in [-0.2, -0.15) is 0 Å². The first-order chi connectivity index (χ1) is 7.18. The quantitative estimate of drug-likeness (QED) is 0.666. The van der Waals surface area contributed by atoms with E-state index in [1.54, 1.807) is 6.07 Å². The lowest BCUT2D eigenvalue weighted by atomic mass is 10.0. The summed E-state index contributed by atoms with van der Waals surface area (Å²) >= 11 is 6.00. The molecule has 2 heteroatoms. The Hall–Kier alpha value is -1.34. The van der Waals surface area contributed by atoms with Gasteiger partial charge < -0.3 is 0 Å². The maximum Gasteiger partial charge on any atom is 0.124 e. The molecule has 0 N–H and O–H groups in total. The molecule has 2 aromatic carbocycles. The molecule has 0 aromatic heterocycles. The van der Waals surface area contributed by atoms with Gasteiger partial charge in [0.25, 0.3) is 0 Å². The van der Waals surface area contributed by atoms with Crippen molar-refractivity contribution in [2.75, 3.05) is 0 Å². The Morgan fingerprint density at radius 2 is 1.73 bits per heavy atom. The molecule has 2 aromatic rings. The summed E-state index contributed by atoms with van der Waals surface area (Å²) in [5, 5.41) is 0.448. The molecule has 0 aliphatic rings. The van der Waals surface area contributed by atoms with Gasteiger partial charge in [0.2, 0.25) is 0 Å². The number of benzene rings is 2. The van der Waals surface area contributed by atoms with Crippen LogP contribution in [-0.2, 0) is 0 Å². The van der Waals surface area contributed by atoms with Crippen molar-refractivity contribution in [2.24, 2.45) is 0 Å². The Morgan fingerprint density at radius 1 is 1.00 bits per heavy atom. The van der Waals surface area contributed by atoms with Gasteiger partial charge in [0.05, 0.1) is 5.02 Å². The van der Waals surface area contributed by atoms with Gasteiger partial charge in [-0.15, -0.1) is 0 Å². The summed E-state index contributed by atoms with van der Waals surface area (Å²) in [7, 11) is 0. The molecule has 0 saturated carbocycles. The number of hydrogen-bond donors (Lipinski definition) is 0. The topological polar surface area (TPSA) is 0 Å². The van der Waals surface area contributed by atoms with Gasteiger partial charge in [0, 0.05) is 5.56 Å². The third-order valence-corrected chi connectivity index (χ3v) is 2.68. The third-order valence-electron chi connectivity index (χ3n) is 2.37. The molecule has 76 valence electrons. The van der Waals surface area contributed by atoms with Crippen molar-refractivity contribution in [1.82, 2.24) is 0 Å². The molecule has 0 unspecified atom stereocenters. The van der Waals surface area contributed by atoms with Gasteiger partial charge in [-0.05, 0) is 36.2 Å². The van der Waals surface area contributed by atoms with Crippen LogP contribution in [0, 0.1) is 12.7 Å². The highest BCUT2D eigenvalue weighted by Crippen LogP contribution is 2.30. The lowest BCUT2D eigenvalue weighted by Crippen LogP contribution is -1.84. The van der Waals surface area contributed by atoms with E-state index < -0.39 is 0 Å². The summed E-state index contributed by atoms with van der Waals surface area (Å²) in [6, 6.07) is 12.4. The van der Waals surface area contributed by atoms with Crippen LogP contribution >= 0.6 is 11.6 Å². The highest BCUT2D eigenvalue weighted by Gasteiger charge is 2.06. The number of aryl methyl sites for hydroxylation is 1. The SMILES string of the molecule is Cc1ccccc1-c1ccc(F)cc1Cl. The molecule has 15 heavy (non-hydrogen) atoms. The molecule has 0 amide bonds. The van der Waals surface area contributed by atoms with Crippen LogP contribution in [0.15, 0.2) is 42.5 Å². The second-order valence-corrected chi connectivity index (χ2v) is 3.85. The number of hydrogen-bond acceptors (Lipinski definition) is 0. The Labute approximate surface area is 93.3 Å². The van der Waals surface area contributed by atoms with E-state index in [2.05, 4.69) is 0 Å². The summed E-state index contributed by atoms with van der Waals surface area (Å²) in [5.74, 6) is -0.308. The lowest BCUT2D eigenvalue weighted by molar-refractivity contribution is 0.628. The Balaban J connectivity index is 2.60. The predicted octanol–water partition coefficient (Wildman–Crippen LogP) is 4.45. The van der Waals surface area contributed by atoms with Gasteiger partial charge in [0.15, 0.2) is 0 Å². The van der Waals surface area contributed by atoms with Crippen molar-refractivity contribution in [3.63, 3.8) is 0 Å². The van der Waals surface area contributed by atoms with Crippen LogP contribution in [0.2, 0.25) is 5.02 Å². The fourth-order valence-corrected chi connectivity index (χ4v) is 1.85. The van der Waals surface area contributed by atoms with E-state index in [9.17, 15) is 4.39 Å². The van der Waals surface area contributed by atoms with Crippen LogP contribution in [0.1, 0.15) is 5.56 Å². The molecule has 0 radical (unpaired) electrons. The first kappa shape index (κ1) is 10.2. The standard InChI is InChI=1S/C13H10ClF/c1-9-4-2-3-5-11(9)12-7-6-10(15)8-13(12)14/h2-8H,1H3. The molecule has 0 fully saturated rings. The van der Waals surface area contributed by atoms with Crippen molar-refractivity contribution in [2.45, 2.75) is 6.92 Å². The van der Waals surface area contributed by atoms with Crippen LogP contribution < -0.4 is 0 Å². The minimum Gasteiger partial charge on any atom is -0.207 e. The van der Waals surface area contributed by atoms with Gasteiger partial charge in [-0.25, -0.2) is 4.39 Å². The minimum absolute atomic E-state index is 0.308. The first-order valence-corrected chi connectivity index (χ1v) is 5.07. The molecule has 0 aliphatic carbocycles. The zero-order valence-corrected chi connectivity index (χ0v) is 9.05. The van der Waals surface area contributed by atoms with E-state index in [4.69, 9.17) is 11.6 Å². The van der Waals surface area contributed by atoms with E-state index >= 15 is 0 Å². The number of halogens is 2. The maximum atomic E-state index is 12.9. The van der Waals surface area contributed by atoms with E-state index in [1.165, 1.54) is 12.1 Å². The molecule has 0 spiro atoms. The van der Waals surface area contributed by atoms with Gasteiger partial charge >= 0.3 is 0 Å². The van der Waals surface area contributed by atoms with E-state index in [-0.39, 0.29) is 5.82 Å². The molecular weight excluding hydrogens is 211 g/mol. The maximum absolute atomic E-state index is 12.9. The zero-order valence-electron chi connectivity index (χ0n) is 8.30. The van der Waals surface area contributed by atoms with Crippen LogP contribution in [0.5, 0.6) is 0 Å². The average molecular weight is 221 g/mol. The van der Waals surface area contributed by atoms with Gasteiger partial charge in [-0.1, -0.05) is 35.9 Å². The zero-order chi connectivity index (χ0) is 10.8. The highest BCUT2D eigenvalue weighted by atomic mass is 35.5. The summed E-state index contributed by atoms with van der Waals surface area (Å²) in [4.78, 5) is 0. The molecule has 0 nitrogen and oxygen atoms in total. The smallest absolute Gasteiger partial charge is 0.124 e. The second kappa shape index (κ2) is 4.03. The van der Waals surface area contributed by atoms with Crippen LogP contribution in [0.3, 0.4) is 0 Å². The Bertz CT molecular complexity index is 492. The summed E-state index contributed by atoms with van der Waals surface area (Å²) in [5.41, 5.74) is 3.05. The van der Waals surface area contributed by atoms with Crippen LogP contribution in [0.25, 0.3) is 11.1 Å². The number of rotatable bonds is 1. The van der Waals surface area contributed by atoms with E-state index in [0.717, 1.165) is 16.7 Å². The monoisotopic (exact) mass is 220 g/mol. The van der Waals surface area contributed by atoms with Crippen LogP contribution in [0.4, 0.5) is 4.39 Å². The summed E-state index contributed by atoms with van der Waals surface area (Å²) in [6.45, 7) is 2.01. The fourth-order valence-electron chi connectivity index (χ4n) is 1.58. The molecule has 0 heterocycles. The first-order valence-electron chi connectivity index (χ1n) is 4.69. The summed E-state index contributed by atoms with van der Waals surface area (Å²) in [6.07, 6.45) is 0. The average Bonchev–Trinajstić information content (AvgIpc) is 2.20. The Morgan fingerprint density at radius 3 is 2.40 bits per heavy atom. The van der Waals surface area contributed by atoms with Crippen molar-refractivity contribution in [3.05, 3.63) is 58.9 Å². The fraction of sp³-hybridized carbons (Fsp3) is 0.0769. The van der Waals surface area contributed by atoms with E-state index in [1.807, 2.05) is 31.2 Å². The molecule has 0 bridgehead atoms. The second-order valence-electron chi connectivity index (χ2n) is 3.44. The molecule has 0 aliphatic heterocycles. The van der Waals surface area contributed by atoms with Crippen molar-refractivity contribution < 1.29 is 4.39 Å². The Kier molecular flexibility index (Phi) is 2.74. The van der Waals surface area contributed by atoms with Gasteiger partial charge in [-0.3, -0.25) is 0 Å². The summed E-state index contributed by atoms with van der Waals surface area (Å²) < 4.78 is 12.9. The molecular formula is C13H10ClF. The normalized spacial score (nSPS) is 10.3. The van der Waals surface area contributed by atoms with Crippen molar-refractivity contribution >= 4 is 11.6 Å². The highest BCUT2D eigenvalue weighted by molar-refractivity contribution is 6.33. The van der Waals surface area contributed by atoms with Crippen molar-refractivity contribution in [1.29, 1.82) is 0 Å². The van der Waals surface area contributed by atoms with Crippen molar-refractivity contribution in [3.8, 4) is 11.1 Å². The largest absolute Gasteiger partial charge is 0.207 e. The lowest BCUT2D eigenvalue weighted by Gasteiger charge is -2.07. The minimum atomic E-state index is -0.308. The third kappa shape index (κ3) is 2.02. The van der Waals surface area contributed by atoms with Crippen LogP contribution in [-0.4, -0.2) is 0 Å². The molecule has 0 atom stereocenters. The van der Waals surface area contributed by atoms with Gasteiger partial charge in [0.1, 0.15) is 5.82 Å². The van der Waals surface area contributed by atoms with E-state index in [0.29, 0.717) is 5.02 Å². The molecule has 2 rings (SSSR count). The predicted molar refractivity (Wildman–Crippen MR) is 61.6 cm³/mol.